The summed E-state index contributed by atoms with van der Waals surface area (Å²) in [6.07, 6.45) is 3.59. The highest BCUT2D eigenvalue weighted by atomic mass is 32.2. The van der Waals surface area contributed by atoms with Gasteiger partial charge in [-0.1, -0.05) is 30.0 Å². The number of carbonyl (C=O) groups is 2. The first-order valence-electron chi connectivity index (χ1n) is 13.7. The van der Waals surface area contributed by atoms with Gasteiger partial charge in [0, 0.05) is 12.0 Å². The first kappa shape index (κ1) is 29.1. The molecule has 2 aromatic rings. The number of halogens is 1. The zero-order valence-electron chi connectivity index (χ0n) is 23.0. The van der Waals surface area contributed by atoms with Crippen LogP contribution in [0.15, 0.2) is 48.5 Å². The van der Waals surface area contributed by atoms with Crippen LogP contribution in [-0.2, 0) is 24.4 Å². The Hall–Kier alpha value is -3.42. The summed E-state index contributed by atoms with van der Waals surface area (Å²) in [6, 6.07) is 13.1. The van der Waals surface area contributed by atoms with Gasteiger partial charge in [0.25, 0.3) is 10.1 Å². The summed E-state index contributed by atoms with van der Waals surface area (Å²) in [7, 11) is -4.26. The summed E-state index contributed by atoms with van der Waals surface area (Å²) in [6.45, 7) is 2.97. The van der Waals surface area contributed by atoms with E-state index in [2.05, 4.69) is 11.8 Å². The third-order valence-electron chi connectivity index (χ3n) is 8.14. The van der Waals surface area contributed by atoms with Gasteiger partial charge in [0.1, 0.15) is 18.0 Å². The fourth-order valence-electron chi connectivity index (χ4n) is 6.94. The van der Waals surface area contributed by atoms with Crippen molar-refractivity contribution in [2.75, 3.05) is 12.4 Å². The van der Waals surface area contributed by atoms with Crippen molar-refractivity contribution in [2.45, 2.75) is 63.6 Å². The third kappa shape index (κ3) is 6.74. The van der Waals surface area contributed by atoms with Crippen molar-refractivity contribution in [3.8, 4) is 17.6 Å². The lowest BCUT2D eigenvalue weighted by Crippen LogP contribution is -2.60. The van der Waals surface area contributed by atoms with Crippen LogP contribution in [0.5, 0.6) is 5.75 Å². The second kappa shape index (κ2) is 10.8. The van der Waals surface area contributed by atoms with Crippen LogP contribution >= 0.6 is 0 Å². The van der Waals surface area contributed by atoms with Crippen LogP contribution in [0.25, 0.3) is 0 Å². The van der Waals surface area contributed by atoms with Gasteiger partial charge >= 0.3 is 11.9 Å². The molecule has 0 heterocycles. The zero-order valence-corrected chi connectivity index (χ0v) is 23.8. The quantitative estimate of drug-likeness (QED) is 0.263. The van der Waals surface area contributed by atoms with Crippen molar-refractivity contribution in [1.82, 2.24) is 0 Å². The van der Waals surface area contributed by atoms with Gasteiger partial charge in [0.05, 0.1) is 11.0 Å². The number of hydrogen-bond acceptors (Lipinski definition) is 7. The molecule has 8 nitrogen and oxygen atoms in total. The van der Waals surface area contributed by atoms with Gasteiger partial charge in [0.15, 0.2) is 17.2 Å². The topological polar surface area (TPSA) is 116 Å². The number of hydrogen-bond donors (Lipinski definition) is 1. The molecule has 6 rings (SSSR count). The maximum Gasteiger partial charge on any atom is 0.338 e. The normalized spacial score (nSPS) is 26.5. The highest BCUT2D eigenvalue weighted by Crippen LogP contribution is 2.63. The van der Waals surface area contributed by atoms with E-state index in [9.17, 15) is 22.4 Å². The van der Waals surface area contributed by atoms with Crippen molar-refractivity contribution < 1.29 is 41.2 Å². The smallest absolute Gasteiger partial charge is 0.338 e. The lowest BCUT2D eigenvalue weighted by atomic mass is 9.48. The largest absolute Gasteiger partial charge is 0.472 e. The van der Waals surface area contributed by atoms with Crippen molar-refractivity contribution in [3.63, 3.8) is 0 Å². The van der Waals surface area contributed by atoms with E-state index < -0.39 is 56.9 Å². The Morgan fingerprint density at radius 3 is 2.41 bits per heavy atom. The molecule has 2 atom stereocenters. The van der Waals surface area contributed by atoms with E-state index in [4.69, 9.17) is 18.8 Å². The molecule has 0 radical (unpaired) electrons. The molecule has 4 aliphatic rings. The van der Waals surface area contributed by atoms with Crippen molar-refractivity contribution in [3.05, 3.63) is 65.5 Å². The number of carbonyl (C=O) groups excluding carboxylic acids is 2. The van der Waals surface area contributed by atoms with Gasteiger partial charge in [-0.25, -0.2) is 9.18 Å². The van der Waals surface area contributed by atoms with Gasteiger partial charge < -0.3 is 14.2 Å². The van der Waals surface area contributed by atoms with Gasteiger partial charge in [-0.15, -0.1) is 0 Å². The van der Waals surface area contributed by atoms with Gasteiger partial charge in [-0.05, 0) is 88.1 Å². The van der Waals surface area contributed by atoms with E-state index >= 15 is 0 Å². The van der Waals surface area contributed by atoms with Crippen LogP contribution in [0.4, 0.5) is 4.39 Å². The zero-order chi connectivity index (χ0) is 29.5. The summed E-state index contributed by atoms with van der Waals surface area (Å²) in [5.41, 5.74) is -1.89. The Kier molecular flexibility index (Phi) is 7.64. The molecule has 41 heavy (non-hydrogen) atoms. The first-order valence-corrected chi connectivity index (χ1v) is 15.3. The van der Waals surface area contributed by atoms with Crippen molar-refractivity contribution in [1.29, 1.82) is 0 Å². The molecular weight excluding hydrogens is 551 g/mol. The van der Waals surface area contributed by atoms with Crippen LogP contribution in [0, 0.1) is 34.9 Å². The minimum atomic E-state index is -4.26. The lowest BCUT2D eigenvalue weighted by molar-refractivity contribution is -0.196. The fraction of sp³-hybridized carbons (Fsp3) is 0.484. The van der Waals surface area contributed by atoms with Crippen LogP contribution in [-0.4, -0.2) is 48.5 Å². The molecular formula is C31H33FO8S. The molecule has 1 N–H and O–H groups in total. The summed E-state index contributed by atoms with van der Waals surface area (Å²) < 4.78 is 63.1. The Labute approximate surface area is 239 Å². The van der Waals surface area contributed by atoms with E-state index in [1.165, 1.54) is 12.1 Å². The van der Waals surface area contributed by atoms with Gasteiger partial charge in [0.2, 0.25) is 0 Å². The molecule has 4 aliphatic carbocycles. The van der Waals surface area contributed by atoms with Crippen LogP contribution < -0.4 is 4.74 Å². The maximum absolute atomic E-state index is 14.7. The second-order valence-electron chi connectivity index (χ2n) is 12.1. The monoisotopic (exact) mass is 584 g/mol. The minimum Gasteiger partial charge on any atom is -0.472 e. The first-order chi connectivity index (χ1) is 19.3. The molecule has 0 aliphatic heterocycles. The predicted molar refractivity (Wildman–Crippen MR) is 147 cm³/mol. The molecule has 4 fully saturated rings. The summed E-state index contributed by atoms with van der Waals surface area (Å²) >= 11 is 0. The Bertz CT molecular complexity index is 1490. The molecule has 4 bridgehead atoms. The molecule has 10 heteroatoms. The van der Waals surface area contributed by atoms with E-state index in [0.29, 0.717) is 25.7 Å². The molecule has 0 aromatic heterocycles. The van der Waals surface area contributed by atoms with E-state index in [1.807, 2.05) is 30.3 Å². The average molecular weight is 585 g/mol. The SMILES string of the molecule is CC(C)(C#Cc1ccccc1)Oc1cc(C(=O)OC23CC4CC(C2)CC(C(=O)OCCS(=O)(=O)O)(C4)C3)ccc1F. The molecule has 0 amide bonds. The molecule has 0 spiro atoms. The minimum absolute atomic E-state index is 0.119. The lowest BCUT2D eigenvalue weighted by Gasteiger charge is -2.59. The molecule has 218 valence electrons. The number of benzene rings is 2. The molecule has 4 saturated carbocycles. The molecule has 0 saturated heterocycles. The van der Waals surface area contributed by atoms with Gasteiger partial charge in [-0.3, -0.25) is 9.35 Å². The Morgan fingerprint density at radius 2 is 1.76 bits per heavy atom. The Morgan fingerprint density at radius 1 is 1.07 bits per heavy atom. The standard InChI is InChI=1S/C31H33FO8S/c1-29(2,11-10-21-6-4-3-5-7-21)39-26-15-24(8-9-25(26)32)27(33)40-31-18-22-14-23(19-31)17-30(16-22,20-31)28(34)38-12-13-41(35,36)37/h3-9,15,22-23H,12-14,16-20H2,1-2H3,(H,35,36,37). The van der Waals surface area contributed by atoms with E-state index in [1.54, 1.807) is 13.8 Å². The highest BCUT2D eigenvalue weighted by molar-refractivity contribution is 7.85. The van der Waals surface area contributed by atoms with Crippen LogP contribution in [0.2, 0.25) is 0 Å². The van der Waals surface area contributed by atoms with E-state index in [0.717, 1.165) is 18.1 Å². The van der Waals surface area contributed by atoms with Crippen molar-refractivity contribution in [2.24, 2.45) is 17.3 Å². The van der Waals surface area contributed by atoms with Gasteiger partial charge in [-0.2, -0.15) is 8.42 Å². The summed E-state index contributed by atoms with van der Waals surface area (Å²) in [4.78, 5) is 26.5. The van der Waals surface area contributed by atoms with Crippen molar-refractivity contribution >= 4 is 22.1 Å². The highest BCUT2D eigenvalue weighted by Gasteiger charge is 2.63. The number of ether oxygens (including phenoxy) is 3. The van der Waals surface area contributed by atoms with Crippen LogP contribution in [0.3, 0.4) is 0 Å². The predicted octanol–water partition coefficient (Wildman–Crippen LogP) is 4.96. The Balaban J connectivity index is 1.30. The van der Waals surface area contributed by atoms with Crippen LogP contribution in [0.1, 0.15) is 68.3 Å². The number of rotatable bonds is 8. The number of esters is 2. The molecule has 2 unspecified atom stereocenters. The molecule has 2 aromatic carbocycles. The second-order valence-corrected chi connectivity index (χ2v) is 13.7. The summed E-state index contributed by atoms with van der Waals surface area (Å²) in [5, 5.41) is 0. The fourth-order valence-corrected chi connectivity index (χ4v) is 7.23. The maximum atomic E-state index is 14.7. The average Bonchev–Trinajstić information content (AvgIpc) is 2.87. The third-order valence-corrected chi connectivity index (χ3v) is 8.82. The van der Waals surface area contributed by atoms with E-state index in [-0.39, 0.29) is 29.6 Å². The summed E-state index contributed by atoms with van der Waals surface area (Å²) in [5.74, 6) is 3.72.